The van der Waals surface area contributed by atoms with Crippen LogP contribution in [0.15, 0.2) is 42.5 Å². The first-order chi connectivity index (χ1) is 17.0. The van der Waals surface area contributed by atoms with Crippen LogP contribution in [0.25, 0.3) is 0 Å². The SMILES string of the molecule is O=C(O)C(CC(=O)N1CCC(N2Cc3ccccc3NC2=O)CC1)Cc1ccc(Cl)c(C(F)(F)F)c1. The van der Waals surface area contributed by atoms with Crippen LogP contribution < -0.4 is 5.32 Å². The third kappa shape index (κ3) is 5.75. The fourth-order valence-electron chi connectivity index (χ4n) is 4.73. The van der Waals surface area contributed by atoms with Crippen LogP contribution in [0.3, 0.4) is 0 Å². The molecule has 2 heterocycles. The number of carbonyl (C=O) groups is 3. The smallest absolute Gasteiger partial charge is 0.417 e. The van der Waals surface area contributed by atoms with Gasteiger partial charge in [-0.05, 0) is 48.6 Å². The number of fused-ring (bicyclic) bond motifs is 1. The number of carbonyl (C=O) groups excluding carboxylic acids is 2. The number of hydrogen-bond acceptors (Lipinski definition) is 3. The minimum Gasteiger partial charge on any atom is -0.481 e. The summed E-state index contributed by atoms with van der Waals surface area (Å²) in [5.41, 5.74) is 0.899. The van der Waals surface area contributed by atoms with Gasteiger partial charge in [0.25, 0.3) is 0 Å². The topological polar surface area (TPSA) is 89.9 Å². The number of halogens is 4. The molecular formula is C25H25ClF3N3O4. The molecule has 1 atom stereocenters. The van der Waals surface area contributed by atoms with Crippen molar-refractivity contribution in [1.29, 1.82) is 0 Å². The van der Waals surface area contributed by atoms with E-state index in [1.807, 2.05) is 24.3 Å². The standard InChI is InChI=1S/C25H25ClF3N3O4/c26-20-6-5-15(12-19(20)25(27,28)29)11-17(23(34)35)13-22(33)31-9-7-18(8-10-31)32-14-16-3-1-2-4-21(16)30-24(32)36/h1-6,12,17-18H,7-11,13-14H2,(H,30,36)(H,34,35). The second kappa shape index (κ2) is 10.4. The second-order valence-corrected chi connectivity index (χ2v) is 9.49. The number of nitrogens with one attached hydrogen (secondary N) is 1. The van der Waals surface area contributed by atoms with Crippen LogP contribution in [-0.2, 0) is 28.7 Å². The number of piperidine rings is 1. The van der Waals surface area contributed by atoms with Crippen molar-refractivity contribution in [3.63, 3.8) is 0 Å². The van der Waals surface area contributed by atoms with Crippen LogP contribution in [0.2, 0.25) is 5.02 Å². The maximum Gasteiger partial charge on any atom is 0.417 e. The van der Waals surface area contributed by atoms with Crippen LogP contribution in [0.1, 0.15) is 36.0 Å². The van der Waals surface area contributed by atoms with Gasteiger partial charge in [0, 0.05) is 37.8 Å². The van der Waals surface area contributed by atoms with Gasteiger partial charge < -0.3 is 20.2 Å². The largest absolute Gasteiger partial charge is 0.481 e. The summed E-state index contributed by atoms with van der Waals surface area (Å²) in [6, 6.07) is 10.6. The number of alkyl halides is 3. The molecule has 1 fully saturated rings. The van der Waals surface area contributed by atoms with Gasteiger partial charge in [-0.2, -0.15) is 13.2 Å². The Labute approximate surface area is 210 Å². The zero-order chi connectivity index (χ0) is 26.0. The molecular weight excluding hydrogens is 499 g/mol. The molecule has 1 unspecified atom stereocenters. The summed E-state index contributed by atoms with van der Waals surface area (Å²) in [5.74, 6) is -2.81. The molecule has 0 saturated carbocycles. The first-order valence-corrected chi connectivity index (χ1v) is 11.9. The summed E-state index contributed by atoms with van der Waals surface area (Å²) in [7, 11) is 0. The third-order valence-electron chi connectivity index (χ3n) is 6.71. The van der Waals surface area contributed by atoms with Crippen molar-refractivity contribution >= 4 is 35.2 Å². The highest BCUT2D eigenvalue weighted by molar-refractivity contribution is 6.31. The van der Waals surface area contributed by atoms with Crippen molar-refractivity contribution in [1.82, 2.24) is 9.80 Å². The quantitative estimate of drug-likeness (QED) is 0.555. The highest BCUT2D eigenvalue weighted by Gasteiger charge is 2.35. The van der Waals surface area contributed by atoms with E-state index in [9.17, 15) is 32.7 Å². The van der Waals surface area contributed by atoms with Gasteiger partial charge in [-0.25, -0.2) is 4.79 Å². The fourth-order valence-corrected chi connectivity index (χ4v) is 4.96. The Hall–Kier alpha value is -3.27. The van der Waals surface area contributed by atoms with Crippen molar-refractivity contribution in [2.24, 2.45) is 5.92 Å². The molecule has 36 heavy (non-hydrogen) atoms. The minimum atomic E-state index is -4.67. The van der Waals surface area contributed by atoms with Gasteiger partial charge in [-0.15, -0.1) is 0 Å². The normalized spacial score (nSPS) is 17.4. The monoisotopic (exact) mass is 523 g/mol. The van der Waals surface area contributed by atoms with E-state index < -0.39 is 28.6 Å². The van der Waals surface area contributed by atoms with E-state index in [0.717, 1.165) is 23.4 Å². The Morgan fingerprint density at radius 1 is 1.14 bits per heavy atom. The highest BCUT2D eigenvalue weighted by atomic mass is 35.5. The second-order valence-electron chi connectivity index (χ2n) is 9.08. The molecule has 2 aliphatic rings. The molecule has 0 aliphatic carbocycles. The molecule has 192 valence electrons. The average molecular weight is 524 g/mol. The predicted molar refractivity (Wildman–Crippen MR) is 127 cm³/mol. The van der Waals surface area contributed by atoms with Gasteiger partial charge in [0.1, 0.15) is 0 Å². The first kappa shape index (κ1) is 25.8. The van der Waals surface area contributed by atoms with Gasteiger partial charge >= 0.3 is 18.2 Å². The number of urea groups is 1. The van der Waals surface area contributed by atoms with Crippen molar-refractivity contribution in [2.75, 3.05) is 18.4 Å². The number of nitrogens with zero attached hydrogens (tertiary/aromatic N) is 2. The van der Waals surface area contributed by atoms with E-state index in [2.05, 4.69) is 5.32 Å². The van der Waals surface area contributed by atoms with Gasteiger partial charge in [-0.1, -0.05) is 35.9 Å². The molecule has 2 N–H and O–H groups in total. The van der Waals surface area contributed by atoms with E-state index >= 15 is 0 Å². The number of benzene rings is 2. The van der Waals surface area contributed by atoms with Gasteiger partial charge in [0.05, 0.1) is 16.5 Å². The Morgan fingerprint density at radius 3 is 2.50 bits per heavy atom. The predicted octanol–water partition coefficient (Wildman–Crippen LogP) is 5.03. The first-order valence-electron chi connectivity index (χ1n) is 11.5. The summed E-state index contributed by atoms with van der Waals surface area (Å²) in [5, 5.41) is 12.0. The molecule has 2 aromatic carbocycles. The summed E-state index contributed by atoms with van der Waals surface area (Å²) in [4.78, 5) is 40.5. The number of likely N-dealkylation sites (tertiary alicyclic amines) is 1. The van der Waals surface area contributed by atoms with Crippen LogP contribution in [0, 0.1) is 5.92 Å². The Kier molecular flexibility index (Phi) is 7.44. The highest BCUT2D eigenvalue weighted by Crippen LogP contribution is 2.36. The van der Waals surface area contributed by atoms with Crippen LogP contribution >= 0.6 is 11.6 Å². The third-order valence-corrected chi connectivity index (χ3v) is 7.04. The van der Waals surface area contributed by atoms with E-state index in [0.29, 0.717) is 32.5 Å². The van der Waals surface area contributed by atoms with Crippen LogP contribution in [-0.4, -0.2) is 51.9 Å². The lowest BCUT2D eigenvalue weighted by molar-refractivity contribution is -0.146. The maximum atomic E-state index is 13.2. The van der Waals surface area contributed by atoms with E-state index in [-0.39, 0.29) is 36.4 Å². The summed E-state index contributed by atoms with van der Waals surface area (Å²) < 4.78 is 39.5. The number of aliphatic carboxylic acids is 1. The van der Waals surface area contributed by atoms with Gasteiger partial charge in [0.2, 0.25) is 5.91 Å². The number of amides is 3. The Balaban J connectivity index is 1.35. The fraction of sp³-hybridized carbons (Fsp3) is 0.400. The lowest BCUT2D eigenvalue weighted by atomic mass is 9.93. The van der Waals surface area contributed by atoms with Gasteiger partial charge in [0.15, 0.2) is 0 Å². The number of anilines is 1. The van der Waals surface area contributed by atoms with Crippen molar-refractivity contribution < 1.29 is 32.7 Å². The molecule has 11 heteroatoms. The van der Waals surface area contributed by atoms with E-state index in [1.165, 1.54) is 6.07 Å². The molecule has 0 bridgehead atoms. The molecule has 2 aromatic rings. The molecule has 3 amide bonds. The Morgan fingerprint density at radius 2 is 1.83 bits per heavy atom. The zero-order valence-corrected chi connectivity index (χ0v) is 20.0. The zero-order valence-electron chi connectivity index (χ0n) is 19.2. The summed E-state index contributed by atoms with van der Waals surface area (Å²) >= 11 is 5.64. The molecule has 7 nitrogen and oxygen atoms in total. The van der Waals surface area contributed by atoms with Crippen LogP contribution in [0.4, 0.5) is 23.7 Å². The number of rotatable bonds is 6. The number of carboxylic acid groups (broad SMARTS) is 1. The van der Waals surface area contributed by atoms with Crippen molar-refractivity contribution in [3.8, 4) is 0 Å². The summed E-state index contributed by atoms with van der Waals surface area (Å²) in [6.07, 6.45) is -4.14. The number of para-hydroxylation sites is 1. The lowest BCUT2D eigenvalue weighted by Gasteiger charge is -2.40. The number of carboxylic acids is 1. The molecule has 1 saturated heterocycles. The van der Waals surface area contributed by atoms with Crippen molar-refractivity contribution in [3.05, 3.63) is 64.2 Å². The van der Waals surface area contributed by atoms with E-state index in [4.69, 9.17) is 11.6 Å². The average Bonchev–Trinajstić information content (AvgIpc) is 2.83. The minimum absolute atomic E-state index is 0.0625. The molecule has 2 aliphatic heterocycles. The summed E-state index contributed by atoms with van der Waals surface area (Å²) in [6.45, 7) is 1.20. The lowest BCUT2D eigenvalue weighted by Crippen LogP contribution is -2.51. The maximum absolute atomic E-state index is 13.2. The molecule has 0 radical (unpaired) electrons. The molecule has 4 rings (SSSR count). The van der Waals surface area contributed by atoms with Crippen LogP contribution in [0.5, 0.6) is 0 Å². The van der Waals surface area contributed by atoms with E-state index in [1.54, 1.807) is 9.80 Å². The Bertz CT molecular complexity index is 1170. The van der Waals surface area contributed by atoms with Crippen molar-refractivity contribution in [2.45, 2.75) is 44.4 Å². The molecule has 0 aromatic heterocycles. The van der Waals surface area contributed by atoms with Gasteiger partial charge in [-0.3, -0.25) is 9.59 Å². The molecule has 0 spiro atoms. The number of hydrogen-bond donors (Lipinski definition) is 2.